The van der Waals surface area contributed by atoms with Gasteiger partial charge in [0, 0.05) is 10.1 Å². The van der Waals surface area contributed by atoms with Crippen molar-refractivity contribution in [2.75, 3.05) is 6.54 Å². The van der Waals surface area contributed by atoms with Crippen molar-refractivity contribution in [1.29, 1.82) is 0 Å². The van der Waals surface area contributed by atoms with Crippen molar-refractivity contribution in [3.63, 3.8) is 0 Å². The van der Waals surface area contributed by atoms with E-state index < -0.39 is 10.0 Å². The van der Waals surface area contributed by atoms with Crippen LogP contribution in [0.4, 0.5) is 0 Å². The van der Waals surface area contributed by atoms with Crippen molar-refractivity contribution in [2.24, 2.45) is 0 Å². The minimum atomic E-state index is -3.40. The lowest BCUT2D eigenvalue weighted by Crippen LogP contribution is -2.25. The normalized spacial score (nSPS) is 11.4. The van der Waals surface area contributed by atoms with Crippen LogP contribution in [0.25, 0.3) is 0 Å². The minimum Gasteiger partial charge on any atom is -0.211 e. The summed E-state index contributed by atoms with van der Waals surface area (Å²) in [5.41, 5.74) is 1.12. The molecule has 0 unspecified atom stereocenters. The van der Waals surface area contributed by atoms with Gasteiger partial charge in [0.2, 0.25) is 10.0 Å². The highest BCUT2D eigenvalue weighted by atomic mass is 127. The Hall–Kier alpha value is -0.920. The first-order chi connectivity index (χ1) is 9.08. The molecule has 0 aromatic heterocycles. The number of sulfonamides is 1. The molecule has 2 rings (SSSR count). The third kappa shape index (κ3) is 4.29. The second-order valence-corrected chi connectivity index (χ2v) is 7.10. The van der Waals surface area contributed by atoms with Crippen LogP contribution in [0.3, 0.4) is 0 Å². The summed E-state index contributed by atoms with van der Waals surface area (Å²) in [5, 5.41) is 0. The zero-order chi connectivity index (χ0) is 13.7. The Bertz CT molecular complexity index is 624. The van der Waals surface area contributed by atoms with Gasteiger partial charge in [0.25, 0.3) is 0 Å². The molecule has 0 bridgehead atoms. The fourth-order valence-corrected chi connectivity index (χ4v) is 3.06. The molecule has 5 heteroatoms. The van der Waals surface area contributed by atoms with E-state index in [1.807, 2.05) is 30.3 Å². The van der Waals surface area contributed by atoms with Crippen LogP contribution in [0.1, 0.15) is 5.56 Å². The molecule has 2 aromatic carbocycles. The number of halogens is 1. The van der Waals surface area contributed by atoms with Crippen LogP contribution in [-0.2, 0) is 16.4 Å². The van der Waals surface area contributed by atoms with Gasteiger partial charge in [-0.25, -0.2) is 13.1 Å². The van der Waals surface area contributed by atoms with Gasteiger partial charge in [0.15, 0.2) is 0 Å². The van der Waals surface area contributed by atoms with Gasteiger partial charge in [-0.05, 0) is 58.8 Å². The maximum atomic E-state index is 12.0. The zero-order valence-electron chi connectivity index (χ0n) is 10.2. The van der Waals surface area contributed by atoms with Crippen molar-refractivity contribution in [3.8, 4) is 0 Å². The first-order valence-electron chi connectivity index (χ1n) is 5.87. The molecule has 0 atom stereocenters. The van der Waals surface area contributed by atoms with E-state index in [1.54, 1.807) is 24.3 Å². The molecule has 0 fully saturated rings. The lowest BCUT2D eigenvalue weighted by molar-refractivity contribution is 0.581. The Morgan fingerprint density at radius 1 is 0.947 bits per heavy atom. The Morgan fingerprint density at radius 2 is 1.58 bits per heavy atom. The lowest BCUT2D eigenvalue weighted by Gasteiger charge is -2.07. The number of hydrogen-bond donors (Lipinski definition) is 1. The highest BCUT2D eigenvalue weighted by molar-refractivity contribution is 14.1. The van der Waals surface area contributed by atoms with Gasteiger partial charge >= 0.3 is 0 Å². The average Bonchev–Trinajstić information content (AvgIpc) is 2.40. The molecule has 19 heavy (non-hydrogen) atoms. The van der Waals surface area contributed by atoms with Crippen LogP contribution in [0.5, 0.6) is 0 Å². The maximum Gasteiger partial charge on any atom is 0.240 e. The van der Waals surface area contributed by atoms with Crippen LogP contribution in [0.15, 0.2) is 59.5 Å². The summed E-state index contributed by atoms with van der Waals surface area (Å²) in [6.45, 7) is 0.401. The molecular weight excluding hydrogens is 373 g/mol. The predicted octanol–water partition coefficient (Wildman–Crippen LogP) is 2.81. The van der Waals surface area contributed by atoms with Gasteiger partial charge in [0.05, 0.1) is 4.90 Å². The molecule has 0 saturated heterocycles. The van der Waals surface area contributed by atoms with E-state index in [4.69, 9.17) is 0 Å². The number of benzene rings is 2. The van der Waals surface area contributed by atoms with E-state index in [1.165, 1.54) is 0 Å². The molecule has 0 radical (unpaired) electrons. The molecule has 0 aliphatic carbocycles. The summed E-state index contributed by atoms with van der Waals surface area (Å²) in [4.78, 5) is 0.306. The van der Waals surface area contributed by atoms with Gasteiger partial charge in [-0.1, -0.05) is 30.3 Å². The molecule has 0 spiro atoms. The second-order valence-electron chi connectivity index (χ2n) is 4.09. The summed E-state index contributed by atoms with van der Waals surface area (Å²) < 4.78 is 27.7. The summed E-state index contributed by atoms with van der Waals surface area (Å²) in [6, 6.07) is 16.6. The molecule has 0 saturated carbocycles. The van der Waals surface area contributed by atoms with Crippen molar-refractivity contribution < 1.29 is 8.42 Å². The third-order valence-electron chi connectivity index (χ3n) is 2.67. The van der Waals surface area contributed by atoms with E-state index in [0.717, 1.165) is 9.13 Å². The van der Waals surface area contributed by atoms with E-state index in [0.29, 0.717) is 17.9 Å². The van der Waals surface area contributed by atoms with E-state index >= 15 is 0 Å². The van der Waals surface area contributed by atoms with Crippen molar-refractivity contribution >= 4 is 32.6 Å². The molecule has 0 aliphatic rings. The summed E-state index contributed by atoms with van der Waals surface area (Å²) >= 11 is 2.15. The van der Waals surface area contributed by atoms with Gasteiger partial charge in [-0.2, -0.15) is 0 Å². The third-order valence-corrected chi connectivity index (χ3v) is 4.87. The minimum absolute atomic E-state index is 0.306. The van der Waals surface area contributed by atoms with Crippen molar-refractivity contribution in [2.45, 2.75) is 11.3 Å². The van der Waals surface area contributed by atoms with Crippen molar-refractivity contribution in [1.82, 2.24) is 4.72 Å². The van der Waals surface area contributed by atoms with E-state index in [2.05, 4.69) is 27.3 Å². The van der Waals surface area contributed by atoms with Crippen molar-refractivity contribution in [3.05, 3.63) is 63.7 Å². The maximum absolute atomic E-state index is 12.0. The van der Waals surface area contributed by atoms with Crippen LogP contribution in [0, 0.1) is 3.57 Å². The predicted molar refractivity (Wildman–Crippen MR) is 84.5 cm³/mol. The number of rotatable bonds is 5. The van der Waals surface area contributed by atoms with Gasteiger partial charge in [-0.15, -0.1) is 0 Å². The summed E-state index contributed by atoms with van der Waals surface area (Å²) in [7, 11) is -3.40. The van der Waals surface area contributed by atoms with Gasteiger partial charge in [-0.3, -0.25) is 0 Å². The van der Waals surface area contributed by atoms with Crippen LogP contribution < -0.4 is 4.72 Å². The van der Waals surface area contributed by atoms with Crippen LogP contribution in [0.2, 0.25) is 0 Å². The molecule has 1 N–H and O–H groups in total. The first-order valence-corrected chi connectivity index (χ1v) is 8.43. The Kier molecular flexibility index (Phi) is 4.95. The highest BCUT2D eigenvalue weighted by Gasteiger charge is 2.12. The van der Waals surface area contributed by atoms with Crippen LogP contribution in [-0.4, -0.2) is 15.0 Å². The monoisotopic (exact) mass is 387 g/mol. The summed E-state index contributed by atoms with van der Waals surface area (Å²) in [5.74, 6) is 0. The Labute approximate surface area is 127 Å². The largest absolute Gasteiger partial charge is 0.240 e. The van der Waals surface area contributed by atoms with E-state index in [-0.39, 0.29) is 0 Å². The quantitative estimate of drug-likeness (QED) is 0.803. The molecule has 0 aliphatic heterocycles. The Balaban J connectivity index is 1.97. The number of nitrogens with one attached hydrogen (secondary N) is 1. The fraction of sp³-hybridized carbons (Fsp3) is 0.143. The first kappa shape index (κ1) is 14.5. The molecular formula is C14H14INO2S. The smallest absolute Gasteiger partial charge is 0.211 e. The molecule has 0 amide bonds. The topological polar surface area (TPSA) is 46.2 Å². The molecule has 2 aromatic rings. The average molecular weight is 387 g/mol. The number of hydrogen-bond acceptors (Lipinski definition) is 2. The van der Waals surface area contributed by atoms with E-state index in [9.17, 15) is 8.42 Å². The zero-order valence-corrected chi connectivity index (χ0v) is 13.2. The fourth-order valence-electron chi connectivity index (χ4n) is 1.67. The summed E-state index contributed by atoms with van der Waals surface area (Å²) in [6.07, 6.45) is 0.685. The molecule has 3 nitrogen and oxygen atoms in total. The Morgan fingerprint density at radius 3 is 2.21 bits per heavy atom. The van der Waals surface area contributed by atoms with Gasteiger partial charge < -0.3 is 0 Å². The molecule has 0 heterocycles. The standard InChI is InChI=1S/C14H14INO2S/c15-13-6-8-14(9-7-13)19(17,18)16-11-10-12-4-2-1-3-5-12/h1-9,16H,10-11H2. The van der Waals surface area contributed by atoms with Crippen LogP contribution >= 0.6 is 22.6 Å². The highest BCUT2D eigenvalue weighted by Crippen LogP contribution is 2.11. The van der Waals surface area contributed by atoms with Gasteiger partial charge in [0.1, 0.15) is 0 Å². The second kappa shape index (κ2) is 6.49. The lowest BCUT2D eigenvalue weighted by atomic mass is 10.2. The molecule has 100 valence electrons. The SMILES string of the molecule is O=S(=O)(NCCc1ccccc1)c1ccc(I)cc1.